The molecule has 0 aromatic heterocycles. The molecule has 0 spiro atoms. The van der Waals surface area contributed by atoms with E-state index in [9.17, 15) is 14.4 Å². The molecule has 5 nitrogen and oxygen atoms in total. The van der Waals surface area contributed by atoms with Gasteiger partial charge in [0.25, 0.3) is 5.91 Å². The lowest BCUT2D eigenvalue weighted by molar-refractivity contribution is -0.144. The van der Waals surface area contributed by atoms with Crippen molar-refractivity contribution in [3.63, 3.8) is 0 Å². The number of amides is 1. The molecule has 2 aromatic carbocycles. The molecule has 0 radical (unpaired) electrons. The van der Waals surface area contributed by atoms with Crippen LogP contribution in [0.2, 0.25) is 10.0 Å². The number of para-hydroxylation sites is 1. The number of carbonyl (C=O) groups excluding carboxylic acids is 3. The van der Waals surface area contributed by atoms with Crippen LogP contribution in [0.5, 0.6) is 0 Å². The van der Waals surface area contributed by atoms with E-state index in [2.05, 4.69) is 10.6 Å². The normalized spacial score (nSPS) is 19.5. The summed E-state index contributed by atoms with van der Waals surface area (Å²) in [5.74, 6) is -3.10. The Hall–Kier alpha value is -2.28. The highest BCUT2D eigenvalue weighted by Crippen LogP contribution is 2.50. The summed E-state index contributed by atoms with van der Waals surface area (Å²) in [6.45, 7) is 3.65. The molecule has 1 aliphatic carbocycles. The zero-order valence-corrected chi connectivity index (χ0v) is 18.5. The van der Waals surface area contributed by atoms with Crippen LogP contribution >= 0.6 is 35.0 Å². The second-order valence-corrected chi connectivity index (χ2v) is 9.83. The summed E-state index contributed by atoms with van der Waals surface area (Å²) in [5, 5.41) is 6.44. The molecular weight excluding hydrogens is 443 g/mol. The number of Topliss-reactive ketones (excluding diaryl/α,β-unsaturated/α-hetero) is 2. The topological polar surface area (TPSA) is 75.3 Å². The minimum Gasteiger partial charge on any atom is -0.357 e. The predicted molar refractivity (Wildman–Crippen MR) is 120 cm³/mol. The van der Waals surface area contributed by atoms with Crippen molar-refractivity contribution in [1.29, 1.82) is 0 Å². The van der Waals surface area contributed by atoms with Gasteiger partial charge >= 0.3 is 0 Å². The van der Waals surface area contributed by atoms with Gasteiger partial charge in [-0.1, -0.05) is 60.9 Å². The van der Waals surface area contributed by atoms with E-state index < -0.39 is 23.0 Å². The molecule has 154 valence electrons. The third-order valence-corrected chi connectivity index (χ3v) is 7.01. The minimum atomic E-state index is -1.09. The van der Waals surface area contributed by atoms with E-state index in [4.69, 9.17) is 23.2 Å². The van der Waals surface area contributed by atoms with E-state index in [1.165, 1.54) is 23.9 Å². The van der Waals surface area contributed by atoms with Gasteiger partial charge in [-0.15, -0.1) is 0 Å². The Kier molecular flexibility index (Phi) is 5.43. The number of ketones is 2. The summed E-state index contributed by atoms with van der Waals surface area (Å²) in [5.41, 5.74) is 1.22. The van der Waals surface area contributed by atoms with Crippen LogP contribution in [0.1, 0.15) is 20.3 Å². The van der Waals surface area contributed by atoms with Gasteiger partial charge in [-0.05, 0) is 42.2 Å². The molecule has 1 aliphatic heterocycles. The number of allylic oxidation sites excluding steroid dienone is 2. The third-order valence-electron chi connectivity index (χ3n) is 5.22. The first-order valence-corrected chi connectivity index (χ1v) is 10.9. The van der Waals surface area contributed by atoms with Gasteiger partial charge in [-0.25, -0.2) is 0 Å². The van der Waals surface area contributed by atoms with Gasteiger partial charge in [0.15, 0.2) is 5.78 Å². The number of halogens is 2. The SMILES string of the molecule is CC1(C)CC2=C(Sc3ccccc3N2)C(=O)[C@@H]1C(=O)C(=O)Nc1cc(Cl)ccc1Cl. The van der Waals surface area contributed by atoms with E-state index in [0.717, 1.165) is 16.3 Å². The first-order valence-electron chi connectivity index (χ1n) is 9.29. The van der Waals surface area contributed by atoms with Crippen LogP contribution in [0.4, 0.5) is 11.4 Å². The van der Waals surface area contributed by atoms with Crippen molar-refractivity contribution < 1.29 is 14.4 Å². The van der Waals surface area contributed by atoms with Crippen LogP contribution in [0.25, 0.3) is 0 Å². The zero-order valence-electron chi connectivity index (χ0n) is 16.2. The minimum absolute atomic E-state index is 0.228. The third kappa shape index (κ3) is 3.75. The first-order chi connectivity index (χ1) is 14.2. The lowest BCUT2D eigenvalue weighted by Gasteiger charge is -2.40. The number of thioether (sulfide) groups is 1. The van der Waals surface area contributed by atoms with Crippen molar-refractivity contribution in [3.05, 3.63) is 63.1 Å². The highest BCUT2D eigenvalue weighted by Gasteiger charge is 2.49. The molecule has 4 rings (SSSR count). The molecule has 0 bridgehead atoms. The van der Waals surface area contributed by atoms with E-state index in [1.807, 2.05) is 38.1 Å². The number of hydrogen-bond donors (Lipinski definition) is 2. The Balaban J connectivity index is 1.62. The molecule has 8 heteroatoms. The molecule has 1 amide bonds. The molecular formula is C22H18Cl2N2O3S. The first kappa shape index (κ1) is 21.0. The van der Waals surface area contributed by atoms with E-state index in [0.29, 0.717) is 16.3 Å². The summed E-state index contributed by atoms with van der Waals surface area (Å²) < 4.78 is 0. The highest BCUT2D eigenvalue weighted by atomic mass is 35.5. The van der Waals surface area contributed by atoms with Gasteiger partial charge < -0.3 is 10.6 Å². The monoisotopic (exact) mass is 460 g/mol. The molecule has 0 saturated heterocycles. The van der Waals surface area contributed by atoms with Gasteiger partial charge in [0.2, 0.25) is 5.78 Å². The second kappa shape index (κ2) is 7.76. The Labute approximate surface area is 188 Å². The van der Waals surface area contributed by atoms with Crippen molar-refractivity contribution in [3.8, 4) is 0 Å². The highest BCUT2D eigenvalue weighted by molar-refractivity contribution is 8.04. The summed E-state index contributed by atoms with van der Waals surface area (Å²) in [6.07, 6.45) is 0.469. The molecule has 2 N–H and O–H groups in total. The van der Waals surface area contributed by atoms with E-state index >= 15 is 0 Å². The van der Waals surface area contributed by atoms with Crippen molar-refractivity contribution in [2.75, 3.05) is 10.6 Å². The van der Waals surface area contributed by atoms with Crippen molar-refractivity contribution in [1.82, 2.24) is 0 Å². The van der Waals surface area contributed by atoms with Crippen molar-refractivity contribution in [2.24, 2.45) is 11.3 Å². The maximum Gasteiger partial charge on any atom is 0.292 e. The van der Waals surface area contributed by atoms with Crippen LogP contribution in [-0.2, 0) is 14.4 Å². The molecule has 1 atom stereocenters. The predicted octanol–water partition coefficient (Wildman–Crippen LogP) is 5.55. The van der Waals surface area contributed by atoms with Crippen LogP contribution in [-0.4, -0.2) is 17.5 Å². The Morgan fingerprint density at radius 3 is 2.67 bits per heavy atom. The number of fused-ring (bicyclic) bond motifs is 1. The average molecular weight is 461 g/mol. The number of nitrogens with one attached hydrogen (secondary N) is 2. The molecule has 0 fully saturated rings. The van der Waals surface area contributed by atoms with Gasteiger partial charge in [0, 0.05) is 15.6 Å². The standard InChI is InChI=1S/C22H18Cl2N2O3S/c1-22(2)10-15-20(30-16-6-4-3-5-13(16)25-15)18(27)17(22)19(28)21(29)26-14-9-11(23)7-8-12(14)24/h3-9,17,25H,10H2,1-2H3,(H,26,29)/t17-/m1/s1. The zero-order chi connectivity index (χ0) is 21.6. The van der Waals surface area contributed by atoms with Gasteiger partial charge in [0.05, 0.1) is 27.2 Å². The molecule has 2 aliphatic rings. The van der Waals surface area contributed by atoms with E-state index in [-0.39, 0.29) is 16.5 Å². The Morgan fingerprint density at radius 1 is 1.17 bits per heavy atom. The van der Waals surface area contributed by atoms with Gasteiger partial charge in [-0.2, -0.15) is 0 Å². The largest absolute Gasteiger partial charge is 0.357 e. The molecule has 2 aromatic rings. The summed E-state index contributed by atoms with van der Waals surface area (Å²) in [4.78, 5) is 40.5. The second-order valence-electron chi connectivity index (χ2n) is 7.94. The Bertz CT molecular complexity index is 1130. The number of hydrogen-bond acceptors (Lipinski definition) is 5. The quantitative estimate of drug-likeness (QED) is 0.464. The smallest absolute Gasteiger partial charge is 0.292 e. The number of anilines is 2. The fourth-order valence-electron chi connectivity index (χ4n) is 3.80. The molecule has 1 heterocycles. The number of rotatable bonds is 3. The summed E-state index contributed by atoms with van der Waals surface area (Å²) in [7, 11) is 0. The van der Waals surface area contributed by atoms with Crippen molar-refractivity contribution in [2.45, 2.75) is 25.2 Å². The molecule has 0 unspecified atom stereocenters. The van der Waals surface area contributed by atoms with Gasteiger partial charge in [-0.3, -0.25) is 14.4 Å². The van der Waals surface area contributed by atoms with Crippen LogP contribution in [0.15, 0.2) is 58.0 Å². The Morgan fingerprint density at radius 2 is 1.90 bits per heavy atom. The van der Waals surface area contributed by atoms with Crippen LogP contribution in [0, 0.1) is 11.3 Å². The van der Waals surface area contributed by atoms with E-state index in [1.54, 1.807) is 6.07 Å². The maximum absolute atomic E-state index is 13.3. The lowest BCUT2D eigenvalue weighted by Crippen LogP contribution is -2.46. The molecule has 30 heavy (non-hydrogen) atoms. The molecule has 0 saturated carbocycles. The number of benzene rings is 2. The van der Waals surface area contributed by atoms with Crippen LogP contribution in [0.3, 0.4) is 0 Å². The lowest BCUT2D eigenvalue weighted by atomic mass is 9.67. The van der Waals surface area contributed by atoms with Crippen molar-refractivity contribution >= 4 is 63.8 Å². The fraction of sp³-hybridized carbons (Fsp3) is 0.227. The number of carbonyl (C=O) groups is 3. The van der Waals surface area contributed by atoms with Gasteiger partial charge in [0.1, 0.15) is 0 Å². The summed E-state index contributed by atoms with van der Waals surface area (Å²) in [6, 6.07) is 12.2. The van der Waals surface area contributed by atoms with Crippen LogP contribution < -0.4 is 10.6 Å². The maximum atomic E-state index is 13.3. The average Bonchev–Trinajstić information content (AvgIpc) is 2.69. The summed E-state index contributed by atoms with van der Waals surface area (Å²) >= 11 is 13.4. The fourth-order valence-corrected chi connectivity index (χ4v) is 5.20.